The molecule has 0 aliphatic carbocycles. The van der Waals surface area contributed by atoms with Gasteiger partial charge in [0, 0.05) is 25.8 Å². The van der Waals surface area contributed by atoms with E-state index in [1.807, 2.05) is 0 Å². The fourth-order valence-corrected chi connectivity index (χ4v) is 2.42. The zero-order valence-electron chi connectivity index (χ0n) is 11.2. The lowest BCUT2D eigenvalue weighted by Gasteiger charge is -2.22. The first-order chi connectivity index (χ1) is 8.75. The molecular formula is C16H23NO. The van der Waals surface area contributed by atoms with E-state index in [1.54, 1.807) is 0 Å². The van der Waals surface area contributed by atoms with E-state index in [9.17, 15) is 0 Å². The van der Waals surface area contributed by atoms with Gasteiger partial charge < -0.3 is 10.1 Å². The maximum absolute atomic E-state index is 5.47. The summed E-state index contributed by atoms with van der Waals surface area (Å²) in [5.74, 6) is 0.688. The van der Waals surface area contributed by atoms with E-state index in [-0.39, 0.29) is 0 Å². The van der Waals surface area contributed by atoms with Gasteiger partial charge in [-0.25, -0.2) is 0 Å². The molecule has 0 unspecified atom stereocenters. The second kappa shape index (κ2) is 6.72. The molecule has 0 saturated carbocycles. The Labute approximate surface area is 110 Å². The maximum Gasteiger partial charge on any atom is 0.0495 e. The van der Waals surface area contributed by atoms with Crippen LogP contribution >= 0.6 is 0 Å². The maximum atomic E-state index is 5.47. The minimum Gasteiger partial charge on any atom is -0.381 e. The number of rotatable bonds is 6. The number of ether oxygens (including phenoxy) is 1. The molecule has 1 aliphatic rings. The quantitative estimate of drug-likeness (QED) is 0.776. The van der Waals surface area contributed by atoms with Crippen molar-refractivity contribution in [1.82, 2.24) is 5.32 Å². The highest BCUT2D eigenvalue weighted by Gasteiger charge is 2.21. The van der Waals surface area contributed by atoms with Crippen molar-refractivity contribution in [1.29, 1.82) is 0 Å². The van der Waals surface area contributed by atoms with Crippen LogP contribution in [0.25, 0.3) is 0 Å². The van der Waals surface area contributed by atoms with E-state index in [0.29, 0.717) is 12.0 Å². The van der Waals surface area contributed by atoms with Crippen molar-refractivity contribution in [3.63, 3.8) is 0 Å². The van der Waals surface area contributed by atoms with Crippen LogP contribution in [-0.2, 0) is 4.74 Å². The van der Waals surface area contributed by atoms with Crippen LogP contribution in [0.5, 0.6) is 0 Å². The molecule has 18 heavy (non-hydrogen) atoms. The summed E-state index contributed by atoms with van der Waals surface area (Å²) in [6.45, 7) is 8.75. The van der Waals surface area contributed by atoms with Gasteiger partial charge in [0.15, 0.2) is 0 Å². The van der Waals surface area contributed by atoms with E-state index in [0.717, 1.165) is 26.2 Å². The minimum absolute atomic E-state index is 0.412. The predicted molar refractivity (Wildman–Crippen MR) is 75.5 cm³/mol. The fraction of sp³-hybridized carbons (Fsp3) is 0.500. The highest BCUT2D eigenvalue weighted by molar-refractivity contribution is 5.19. The smallest absolute Gasteiger partial charge is 0.0495 e. The van der Waals surface area contributed by atoms with Crippen molar-refractivity contribution >= 4 is 0 Å². The second-order valence-corrected chi connectivity index (χ2v) is 5.27. The molecular weight excluding hydrogens is 222 g/mol. The van der Waals surface area contributed by atoms with Crippen molar-refractivity contribution in [2.45, 2.75) is 25.8 Å². The lowest BCUT2D eigenvalue weighted by molar-refractivity contribution is 0.181. The molecule has 1 N–H and O–H groups in total. The number of hydrogen-bond acceptors (Lipinski definition) is 2. The molecule has 1 fully saturated rings. The Balaban J connectivity index is 1.99. The van der Waals surface area contributed by atoms with Gasteiger partial charge in [0.1, 0.15) is 0 Å². The van der Waals surface area contributed by atoms with Crippen LogP contribution in [0.15, 0.2) is 42.5 Å². The van der Waals surface area contributed by atoms with Crippen molar-refractivity contribution < 1.29 is 4.74 Å². The summed E-state index contributed by atoms with van der Waals surface area (Å²) in [6.07, 6.45) is 2.34. The van der Waals surface area contributed by atoms with E-state index >= 15 is 0 Å². The summed E-state index contributed by atoms with van der Waals surface area (Å²) in [5, 5.41) is 3.61. The lowest BCUT2D eigenvalue weighted by Crippen LogP contribution is -2.25. The normalized spacial score (nSPS) is 20.8. The highest BCUT2D eigenvalue weighted by Crippen LogP contribution is 2.26. The largest absolute Gasteiger partial charge is 0.381 e. The minimum atomic E-state index is 0.412. The number of hydrogen-bond donors (Lipinski definition) is 1. The Hall–Kier alpha value is -1.12. The Bertz CT molecular complexity index is 368. The Morgan fingerprint density at radius 3 is 2.83 bits per heavy atom. The van der Waals surface area contributed by atoms with Crippen LogP contribution in [0.2, 0.25) is 0 Å². The lowest BCUT2D eigenvalue weighted by atomic mass is 9.94. The van der Waals surface area contributed by atoms with E-state index in [4.69, 9.17) is 4.74 Å². The van der Waals surface area contributed by atoms with Gasteiger partial charge in [0.05, 0.1) is 0 Å². The molecule has 98 valence electrons. The zero-order chi connectivity index (χ0) is 12.8. The summed E-state index contributed by atoms with van der Waals surface area (Å²) in [7, 11) is 0. The Morgan fingerprint density at radius 1 is 1.44 bits per heavy atom. The van der Waals surface area contributed by atoms with E-state index in [2.05, 4.69) is 49.2 Å². The summed E-state index contributed by atoms with van der Waals surface area (Å²) < 4.78 is 5.47. The molecule has 2 rings (SSSR count). The van der Waals surface area contributed by atoms with Crippen molar-refractivity contribution in [2.75, 3.05) is 19.8 Å². The van der Waals surface area contributed by atoms with Gasteiger partial charge >= 0.3 is 0 Å². The van der Waals surface area contributed by atoms with Crippen molar-refractivity contribution in [3.8, 4) is 0 Å². The van der Waals surface area contributed by atoms with Crippen LogP contribution in [0.4, 0.5) is 0 Å². The van der Waals surface area contributed by atoms with Crippen LogP contribution in [0.3, 0.4) is 0 Å². The third-order valence-corrected chi connectivity index (χ3v) is 3.45. The molecule has 2 atom stereocenters. The SMILES string of the molecule is C=C(C)CN[C@H](C[C@@H]1CCOC1)c1ccccc1. The highest BCUT2D eigenvalue weighted by atomic mass is 16.5. The van der Waals surface area contributed by atoms with Gasteiger partial charge in [-0.15, -0.1) is 0 Å². The molecule has 0 spiro atoms. The Kier molecular flexibility index (Phi) is 4.97. The molecule has 0 radical (unpaired) electrons. The Morgan fingerprint density at radius 2 is 2.22 bits per heavy atom. The summed E-state index contributed by atoms with van der Waals surface area (Å²) in [5.41, 5.74) is 2.55. The first-order valence-corrected chi connectivity index (χ1v) is 6.76. The van der Waals surface area contributed by atoms with Gasteiger partial charge in [0.25, 0.3) is 0 Å². The van der Waals surface area contributed by atoms with Gasteiger partial charge in [-0.2, -0.15) is 0 Å². The molecule has 0 bridgehead atoms. The first-order valence-electron chi connectivity index (χ1n) is 6.76. The average molecular weight is 245 g/mol. The second-order valence-electron chi connectivity index (χ2n) is 5.27. The zero-order valence-corrected chi connectivity index (χ0v) is 11.2. The average Bonchev–Trinajstić information content (AvgIpc) is 2.88. The molecule has 1 aliphatic heterocycles. The van der Waals surface area contributed by atoms with Crippen LogP contribution in [-0.4, -0.2) is 19.8 Å². The number of nitrogens with one attached hydrogen (secondary N) is 1. The predicted octanol–water partition coefficient (Wildman–Crippen LogP) is 3.32. The standard InChI is InChI=1S/C16H23NO/c1-13(2)11-17-16(10-14-8-9-18-12-14)15-6-4-3-5-7-15/h3-7,14,16-17H,1,8-12H2,2H3/t14-,16+/m0/s1. The van der Waals surface area contributed by atoms with Gasteiger partial charge in [-0.1, -0.05) is 42.5 Å². The first kappa shape index (κ1) is 13.3. The topological polar surface area (TPSA) is 21.3 Å². The van der Waals surface area contributed by atoms with Gasteiger partial charge in [0.2, 0.25) is 0 Å². The van der Waals surface area contributed by atoms with Crippen molar-refractivity contribution in [2.24, 2.45) is 5.92 Å². The molecule has 1 aromatic rings. The van der Waals surface area contributed by atoms with Crippen LogP contribution < -0.4 is 5.32 Å². The van der Waals surface area contributed by atoms with E-state index in [1.165, 1.54) is 17.6 Å². The van der Waals surface area contributed by atoms with Crippen molar-refractivity contribution in [3.05, 3.63) is 48.0 Å². The van der Waals surface area contributed by atoms with E-state index < -0.39 is 0 Å². The van der Waals surface area contributed by atoms with Crippen LogP contribution in [0.1, 0.15) is 31.4 Å². The summed E-state index contributed by atoms with van der Waals surface area (Å²) >= 11 is 0. The molecule has 2 heteroatoms. The molecule has 2 nitrogen and oxygen atoms in total. The summed E-state index contributed by atoms with van der Waals surface area (Å²) in [6, 6.07) is 11.1. The number of benzene rings is 1. The molecule has 0 aromatic heterocycles. The monoisotopic (exact) mass is 245 g/mol. The molecule has 1 heterocycles. The summed E-state index contributed by atoms with van der Waals surface area (Å²) in [4.78, 5) is 0. The van der Waals surface area contributed by atoms with Gasteiger partial charge in [-0.3, -0.25) is 0 Å². The molecule has 1 saturated heterocycles. The third kappa shape index (κ3) is 3.97. The fourth-order valence-electron chi connectivity index (χ4n) is 2.42. The van der Waals surface area contributed by atoms with Crippen LogP contribution in [0, 0.1) is 5.92 Å². The third-order valence-electron chi connectivity index (χ3n) is 3.45. The molecule has 0 amide bonds. The van der Waals surface area contributed by atoms with Gasteiger partial charge in [-0.05, 0) is 31.2 Å². The molecule has 1 aromatic carbocycles.